The molecule has 0 aromatic carbocycles. The summed E-state index contributed by atoms with van der Waals surface area (Å²) in [5.74, 6) is -1.05. The highest BCUT2D eigenvalue weighted by Gasteiger charge is 2.38. The van der Waals surface area contributed by atoms with Crippen molar-refractivity contribution in [2.45, 2.75) is 26.4 Å². The molecule has 0 saturated heterocycles. The first-order valence-electron chi connectivity index (χ1n) is 3.79. The van der Waals surface area contributed by atoms with E-state index < -0.39 is 12.1 Å². The van der Waals surface area contributed by atoms with Crippen molar-refractivity contribution in [1.29, 1.82) is 0 Å². The van der Waals surface area contributed by atoms with Crippen LogP contribution in [-0.4, -0.2) is 10.2 Å². The molecule has 0 unspecified atom stereocenters. The average Bonchev–Trinajstić information content (AvgIpc) is 2.32. The number of hydrogen-bond acceptors (Lipinski definition) is 3. The third kappa shape index (κ3) is 2.71. The van der Waals surface area contributed by atoms with Crippen LogP contribution < -0.4 is 0 Å². The van der Waals surface area contributed by atoms with Crippen molar-refractivity contribution in [3.8, 4) is 0 Å². The van der Waals surface area contributed by atoms with Crippen LogP contribution in [0.2, 0.25) is 0 Å². The fourth-order valence-corrected chi connectivity index (χ4v) is 0.800. The summed E-state index contributed by atoms with van der Waals surface area (Å²) in [5, 5.41) is 6.18. The quantitative estimate of drug-likeness (QED) is 0.724. The van der Waals surface area contributed by atoms with Crippen LogP contribution in [0.4, 0.5) is 13.2 Å². The third-order valence-electron chi connectivity index (χ3n) is 1.29. The van der Waals surface area contributed by atoms with Crippen LogP contribution >= 0.6 is 0 Å². The molecule has 0 radical (unpaired) electrons. The topological polar surface area (TPSA) is 38.9 Å². The number of hydrogen-bond donors (Lipinski definition) is 0. The lowest BCUT2D eigenvalue weighted by Gasteiger charge is -1.99. The molecule has 1 aromatic rings. The summed E-state index contributed by atoms with van der Waals surface area (Å²) >= 11 is 0. The van der Waals surface area contributed by atoms with Crippen LogP contribution in [-0.2, 0) is 12.6 Å². The van der Waals surface area contributed by atoms with E-state index in [0.717, 1.165) is 0 Å². The van der Waals surface area contributed by atoms with Gasteiger partial charge in [0.25, 0.3) is 0 Å². The summed E-state index contributed by atoms with van der Waals surface area (Å²) in [6.07, 6.45) is -4.18. The van der Waals surface area contributed by atoms with Crippen molar-refractivity contribution in [3.63, 3.8) is 0 Å². The summed E-state index contributed by atoms with van der Waals surface area (Å²) in [5.41, 5.74) is 0. The fraction of sp³-hybridized carbons (Fsp3) is 0.714. The van der Waals surface area contributed by atoms with Gasteiger partial charge >= 0.3 is 12.1 Å². The van der Waals surface area contributed by atoms with E-state index in [1.807, 2.05) is 13.8 Å². The van der Waals surface area contributed by atoms with Crippen molar-refractivity contribution in [2.24, 2.45) is 5.92 Å². The van der Waals surface area contributed by atoms with Gasteiger partial charge in [-0.25, -0.2) is 0 Å². The van der Waals surface area contributed by atoms with Gasteiger partial charge in [-0.3, -0.25) is 0 Å². The maximum absolute atomic E-state index is 11.9. The Morgan fingerprint density at radius 2 is 1.92 bits per heavy atom. The number of aromatic nitrogens is 2. The molecule has 0 N–H and O–H groups in total. The SMILES string of the molecule is CC(C)Cc1nnc(C(F)(F)F)o1. The molecule has 0 aliphatic carbocycles. The molecule has 6 heteroatoms. The molecule has 0 fully saturated rings. The Morgan fingerprint density at radius 1 is 1.31 bits per heavy atom. The largest absolute Gasteiger partial charge is 0.470 e. The minimum atomic E-state index is -4.54. The number of alkyl halides is 3. The lowest BCUT2D eigenvalue weighted by molar-refractivity contribution is -0.157. The Kier molecular flexibility index (Phi) is 2.58. The Morgan fingerprint density at radius 3 is 2.31 bits per heavy atom. The summed E-state index contributed by atoms with van der Waals surface area (Å²) in [7, 11) is 0. The van der Waals surface area contributed by atoms with E-state index in [9.17, 15) is 13.2 Å². The molecule has 1 rings (SSSR count). The average molecular weight is 194 g/mol. The van der Waals surface area contributed by atoms with E-state index in [2.05, 4.69) is 14.6 Å². The first-order valence-corrected chi connectivity index (χ1v) is 3.79. The maximum Gasteiger partial charge on any atom is 0.470 e. The number of rotatable bonds is 2. The van der Waals surface area contributed by atoms with E-state index in [-0.39, 0.29) is 11.8 Å². The standard InChI is InChI=1S/C7H9F3N2O/c1-4(2)3-5-11-12-6(13-5)7(8,9)10/h4H,3H2,1-2H3. The molecule has 74 valence electrons. The Labute approximate surface area is 73.0 Å². The van der Waals surface area contributed by atoms with Crippen LogP contribution in [0.25, 0.3) is 0 Å². The van der Waals surface area contributed by atoms with E-state index in [1.54, 1.807) is 0 Å². The smallest absolute Gasteiger partial charge is 0.417 e. The minimum Gasteiger partial charge on any atom is -0.417 e. The zero-order chi connectivity index (χ0) is 10.1. The van der Waals surface area contributed by atoms with Crippen LogP contribution in [0.3, 0.4) is 0 Å². The fourth-order valence-electron chi connectivity index (χ4n) is 0.800. The van der Waals surface area contributed by atoms with Crippen molar-refractivity contribution in [3.05, 3.63) is 11.8 Å². The van der Waals surface area contributed by atoms with Crippen molar-refractivity contribution < 1.29 is 17.6 Å². The monoisotopic (exact) mass is 194 g/mol. The molecule has 13 heavy (non-hydrogen) atoms. The molecule has 0 spiro atoms. The zero-order valence-electron chi connectivity index (χ0n) is 7.22. The van der Waals surface area contributed by atoms with E-state index >= 15 is 0 Å². The first kappa shape index (κ1) is 10.0. The highest BCUT2D eigenvalue weighted by molar-refractivity contribution is 4.86. The van der Waals surface area contributed by atoms with Crippen LogP contribution in [0.15, 0.2) is 4.42 Å². The van der Waals surface area contributed by atoms with Gasteiger partial charge in [-0.2, -0.15) is 13.2 Å². The molecule has 0 saturated carbocycles. The molecule has 0 amide bonds. The van der Waals surface area contributed by atoms with Gasteiger partial charge in [0.05, 0.1) is 0 Å². The Hall–Kier alpha value is -1.07. The summed E-state index contributed by atoms with van der Waals surface area (Å²) in [6.45, 7) is 3.72. The second-order valence-electron chi connectivity index (χ2n) is 3.10. The minimum absolute atomic E-state index is 0.0299. The van der Waals surface area contributed by atoms with E-state index in [4.69, 9.17) is 0 Å². The van der Waals surface area contributed by atoms with Gasteiger partial charge in [-0.1, -0.05) is 13.8 Å². The highest BCUT2D eigenvalue weighted by Crippen LogP contribution is 2.27. The van der Waals surface area contributed by atoms with Gasteiger partial charge < -0.3 is 4.42 Å². The summed E-state index contributed by atoms with van der Waals surface area (Å²) in [4.78, 5) is 0. The van der Waals surface area contributed by atoms with Gasteiger partial charge in [0.2, 0.25) is 5.89 Å². The van der Waals surface area contributed by atoms with Gasteiger partial charge in [0, 0.05) is 6.42 Å². The molecule has 0 aliphatic heterocycles. The molecule has 0 bridgehead atoms. The predicted molar refractivity (Wildman–Crippen MR) is 37.8 cm³/mol. The normalized spacial score (nSPS) is 12.5. The summed E-state index contributed by atoms with van der Waals surface area (Å²) in [6, 6.07) is 0. The molecular formula is C7H9F3N2O. The van der Waals surface area contributed by atoms with Crippen molar-refractivity contribution >= 4 is 0 Å². The maximum atomic E-state index is 11.9. The van der Waals surface area contributed by atoms with Crippen molar-refractivity contribution in [1.82, 2.24) is 10.2 Å². The Balaban J connectivity index is 2.75. The van der Waals surface area contributed by atoms with E-state index in [1.165, 1.54) is 0 Å². The second-order valence-corrected chi connectivity index (χ2v) is 3.10. The highest BCUT2D eigenvalue weighted by atomic mass is 19.4. The van der Waals surface area contributed by atoms with Crippen LogP contribution in [0, 0.1) is 5.92 Å². The molecule has 0 atom stereocenters. The molecule has 0 aliphatic rings. The zero-order valence-corrected chi connectivity index (χ0v) is 7.22. The Bertz CT molecular complexity index is 280. The predicted octanol–water partition coefficient (Wildman–Crippen LogP) is 2.29. The molecule has 1 heterocycles. The first-order chi connectivity index (χ1) is 5.89. The lowest BCUT2D eigenvalue weighted by Crippen LogP contribution is -2.04. The molecular weight excluding hydrogens is 185 g/mol. The number of nitrogens with zero attached hydrogens (tertiary/aromatic N) is 2. The van der Waals surface area contributed by atoms with Crippen LogP contribution in [0.1, 0.15) is 25.6 Å². The second kappa shape index (κ2) is 3.35. The molecule has 1 aromatic heterocycles. The van der Waals surface area contributed by atoms with Gasteiger partial charge in [-0.15, -0.1) is 10.2 Å². The lowest BCUT2D eigenvalue weighted by atomic mass is 10.1. The third-order valence-corrected chi connectivity index (χ3v) is 1.29. The van der Waals surface area contributed by atoms with Gasteiger partial charge in [0.1, 0.15) is 0 Å². The molecule has 3 nitrogen and oxygen atoms in total. The van der Waals surface area contributed by atoms with Crippen LogP contribution in [0.5, 0.6) is 0 Å². The number of halogens is 3. The van der Waals surface area contributed by atoms with Crippen molar-refractivity contribution in [2.75, 3.05) is 0 Å². The van der Waals surface area contributed by atoms with Gasteiger partial charge in [-0.05, 0) is 5.92 Å². The van der Waals surface area contributed by atoms with E-state index in [0.29, 0.717) is 6.42 Å². The summed E-state index contributed by atoms with van der Waals surface area (Å²) < 4.78 is 40.2. The van der Waals surface area contributed by atoms with Gasteiger partial charge in [0.15, 0.2) is 0 Å².